The smallest absolute Gasteiger partial charge is 0.223 e. The van der Waals surface area contributed by atoms with Crippen molar-refractivity contribution in [2.24, 2.45) is 17.8 Å². The van der Waals surface area contributed by atoms with Crippen molar-refractivity contribution in [3.8, 4) is 16.9 Å². The molecule has 5 heteroatoms. The quantitative estimate of drug-likeness (QED) is 0.568. The molecule has 1 N–H and O–H groups in total. The summed E-state index contributed by atoms with van der Waals surface area (Å²) in [5, 5.41) is 3.08. The summed E-state index contributed by atoms with van der Waals surface area (Å²) >= 11 is 0. The van der Waals surface area contributed by atoms with Crippen LogP contribution < -0.4 is 10.1 Å². The van der Waals surface area contributed by atoms with Crippen LogP contribution >= 0.6 is 0 Å². The highest BCUT2D eigenvalue weighted by molar-refractivity contribution is 5.95. The highest BCUT2D eigenvalue weighted by Gasteiger charge is 2.40. The number of rotatable bonds is 5. The SMILES string of the molecule is CC(=O)c1ccc(F)c(-c2cc(C)cc3c2OC(CNC(=O)[C@@H]2C[C@@H]4C=C[C@H]2C4)C3)c1. The fraction of sp³-hybridized carbons (Fsp3) is 0.385. The number of fused-ring (bicyclic) bond motifs is 3. The monoisotopic (exact) mass is 419 g/mol. The summed E-state index contributed by atoms with van der Waals surface area (Å²) in [4.78, 5) is 24.5. The van der Waals surface area contributed by atoms with Gasteiger partial charge in [-0.25, -0.2) is 4.39 Å². The van der Waals surface area contributed by atoms with Gasteiger partial charge in [0, 0.05) is 29.0 Å². The Morgan fingerprint density at radius 2 is 1.97 bits per heavy atom. The molecule has 31 heavy (non-hydrogen) atoms. The average Bonchev–Trinajstić information content (AvgIpc) is 3.47. The second-order valence-corrected chi connectivity index (χ2v) is 9.13. The first-order valence-electron chi connectivity index (χ1n) is 11.0. The number of aryl methyl sites for hydroxylation is 1. The van der Waals surface area contributed by atoms with Crippen LogP contribution in [0.25, 0.3) is 11.1 Å². The lowest BCUT2D eigenvalue weighted by Crippen LogP contribution is -2.39. The number of hydrogen-bond donors (Lipinski definition) is 1. The first kappa shape index (κ1) is 20.0. The lowest BCUT2D eigenvalue weighted by atomic mass is 9.93. The van der Waals surface area contributed by atoms with Crippen LogP contribution in [0.4, 0.5) is 4.39 Å². The van der Waals surface area contributed by atoms with Crippen molar-refractivity contribution in [1.29, 1.82) is 0 Å². The molecule has 0 spiro atoms. The Morgan fingerprint density at radius 1 is 1.13 bits per heavy atom. The summed E-state index contributed by atoms with van der Waals surface area (Å²) in [5.74, 6) is 1.25. The van der Waals surface area contributed by atoms with Gasteiger partial charge in [-0.05, 0) is 73.9 Å². The molecule has 1 amide bonds. The van der Waals surface area contributed by atoms with Crippen LogP contribution in [0.1, 0.15) is 41.3 Å². The maximum atomic E-state index is 14.7. The zero-order valence-corrected chi connectivity index (χ0v) is 17.8. The molecule has 5 rings (SSSR count). The second-order valence-electron chi connectivity index (χ2n) is 9.13. The molecule has 2 aliphatic carbocycles. The van der Waals surface area contributed by atoms with Crippen LogP contribution in [0, 0.1) is 30.5 Å². The summed E-state index contributed by atoms with van der Waals surface area (Å²) in [7, 11) is 0. The number of hydrogen-bond acceptors (Lipinski definition) is 3. The Morgan fingerprint density at radius 3 is 2.68 bits per heavy atom. The normalized spacial score (nSPS) is 25.4. The zero-order chi connectivity index (χ0) is 21.7. The van der Waals surface area contributed by atoms with Crippen molar-refractivity contribution >= 4 is 11.7 Å². The highest BCUT2D eigenvalue weighted by Crippen LogP contribution is 2.44. The molecule has 0 saturated heterocycles. The number of carbonyl (C=O) groups excluding carboxylic acids is 2. The topological polar surface area (TPSA) is 55.4 Å². The van der Waals surface area contributed by atoms with Gasteiger partial charge in [0.05, 0.1) is 6.54 Å². The number of carbonyl (C=O) groups is 2. The second kappa shape index (κ2) is 7.63. The van der Waals surface area contributed by atoms with Gasteiger partial charge < -0.3 is 10.1 Å². The number of ether oxygens (including phenoxy) is 1. The van der Waals surface area contributed by atoms with E-state index in [0.29, 0.717) is 47.2 Å². The van der Waals surface area contributed by atoms with Crippen LogP contribution in [-0.4, -0.2) is 24.3 Å². The van der Waals surface area contributed by atoms with E-state index >= 15 is 0 Å². The number of ketones is 1. The van der Waals surface area contributed by atoms with E-state index in [1.54, 1.807) is 6.07 Å². The van der Waals surface area contributed by atoms with Crippen molar-refractivity contribution in [3.05, 3.63) is 65.0 Å². The van der Waals surface area contributed by atoms with E-state index in [1.165, 1.54) is 19.1 Å². The predicted molar refractivity (Wildman–Crippen MR) is 117 cm³/mol. The van der Waals surface area contributed by atoms with E-state index in [-0.39, 0.29) is 29.5 Å². The van der Waals surface area contributed by atoms with Gasteiger partial charge in [0.15, 0.2) is 5.78 Å². The Bertz CT molecular complexity index is 1110. The number of allylic oxidation sites excluding steroid dienone is 2. The van der Waals surface area contributed by atoms with Crippen LogP contribution in [-0.2, 0) is 11.2 Å². The molecule has 3 aliphatic rings. The van der Waals surface area contributed by atoms with Gasteiger partial charge in [0.2, 0.25) is 5.91 Å². The number of benzene rings is 2. The fourth-order valence-electron chi connectivity index (χ4n) is 5.28. The molecule has 4 nitrogen and oxygen atoms in total. The molecule has 4 atom stereocenters. The van der Waals surface area contributed by atoms with E-state index in [0.717, 1.165) is 24.0 Å². The molecule has 1 heterocycles. The molecular formula is C26H26FNO3. The maximum absolute atomic E-state index is 14.7. The Kier molecular flexibility index (Phi) is 4.92. The number of nitrogens with one attached hydrogen (secondary N) is 1. The molecule has 1 aliphatic heterocycles. The largest absolute Gasteiger partial charge is 0.487 e. The minimum atomic E-state index is -0.387. The van der Waals surface area contributed by atoms with Crippen LogP contribution in [0.3, 0.4) is 0 Å². The van der Waals surface area contributed by atoms with Gasteiger partial charge in [-0.15, -0.1) is 0 Å². The third-order valence-electron chi connectivity index (χ3n) is 6.82. The Hall–Kier alpha value is -2.95. The fourth-order valence-corrected chi connectivity index (χ4v) is 5.28. The standard InChI is InChI=1S/C26H26FNO3/c1-14-7-19-11-20(13-28-26(30)21-10-16-3-4-18(21)9-16)31-25(19)23(8-14)22-12-17(15(2)29)5-6-24(22)27/h3-8,12,16,18,20-21H,9-11,13H2,1-2H3,(H,28,30)/t16-,18+,20?,21-/m1/s1. The zero-order valence-electron chi connectivity index (χ0n) is 17.8. The van der Waals surface area contributed by atoms with Crippen LogP contribution in [0.15, 0.2) is 42.5 Å². The molecule has 1 fully saturated rings. The Labute approximate surface area is 181 Å². The summed E-state index contributed by atoms with van der Waals surface area (Å²) in [6.07, 6.45) is 6.92. The van der Waals surface area contributed by atoms with Gasteiger partial charge >= 0.3 is 0 Å². The van der Waals surface area contributed by atoms with Crippen molar-refractivity contribution in [1.82, 2.24) is 5.32 Å². The van der Waals surface area contributed by atoms with Crippen molar-refractivity contribution in [2.75, 3.05) is 6.54 Å². The minimum absolute atomic E-state index is 0.0694. The molecule has 1 unspecified atom stereocenters. The lowest BCUT2D eigenvalue weighted by molar-refractivity contribution is -0.126. The highest BCUT2D eigenvalue weighted by atomic mass is 19.1. The van der Waals surface area contributed by atoms with E-state index in [2.05, 4.69) is 17.5 Å². The van der Waals surface area contributed by atoms with Crippen LogP contribution in [0.5, 0.6) is 5.75 Å². The van der Waals surface area contributed by atoms with Gasteiger partial charge in [0.25, 0.3) is 0 Å². The summed E-state index contributed by atoms with van der Waals surface area (Å²) < 4.78 is 20.9. The molecule has 0 radical (unpaired) electrons. The van der Waals surface area contributed by atoms with E-state index in [4.69, 9.17) is 4.74 Å². The van der Waals surface area contributed by atoms with E-state index in [9.17, 15) is 14.0 Å². The maximum Gasteiger partial charge on any atom is 0.223 e. The summed E-state index contributed by atoms with van der Waals surface area (Å²) in [5.41, 5.74) is 3.50. The molecule has 2 bridgehead atoms. The van der Waals surface area contributed by atoms with Crippen molar-refractivity contribution in [2.45, 2.75) is 39.2 Å². The van der Waals surface area contributed by atoms with Crippen LogP contribution in [0.2, 0.25) is 0 Å². The predicted octanol–water partition coefficient (Wildman–Crippen LogP) is 4.64. The first-order valence-corrected chi connectivity index (χ1v) is 11.0. The Balaban J connectivity index is 1.34. The molecule has 2 aromatic rings. The number of amides is 1. The van der Waals surface area contributed by atoms with Crippen molar-refractivity contribution in [3.63, 3.8) is 0 Å². The summed E-state index contributed by atoms with van der Waals surface area (Å²) in [6.45, 7) is 3.87. The van der Waals surface area contributed by atoms with Gasteiger partial charge in [-0.2, -0.15) is 0 Å². The molecular weight excluding hydrogens is 393 g/mol. The van der Waals surface area contributed by atoms with E-state index in [1.807, 2.05) is 19.1 Å². The molecule has 0 aromatic heterocycles. The summed E-state index contributed by atoms with van der Waals surface area (Å²) in [6, 6.07) is 8.37. The molecule has 1 saturated carbocycles. The molecule has 160 valence electrons. The third-order valence-corrected chi connectivity index (χ3v) is 6.82. The van der Waals surface area contributed by atoms with Gasteiger partial charge in [-0.1, -0.05) is 18.2 Å². The van der Waals surface area contributed by atoms with Crippen molar-refractivity contribution < 1.29 is 18.7 Å². The molecule has 2 aromatic carbocycles. The van der Waals surface area contributed by atoms with Gasteiger partial charge in [0.1, 0.15) is 17.7 Å². The third kappa shape index (κ3) is 3.67. The van der Waals surface area contributed by atoms with Gasteiger partial charge in [-0.3, -0.25) is 9.59 Å². The first-order chi connectivity index (χ1) is 14.9. The number of halogens is 1. The number of Topliss-reactive ketones (excluding diaryl/α,β-unsaturated/α-hetero) is 1. The average molecular weight is 419 g/mol. The lowest BCUT2D eigenvalue weighted by Gasteiger charge is -2.19. The minimum Gasteiger partial charge on any atom is -0.487 e. The van der Waals surface area contributed by atoms with E-state index < -0.39 is 0 Å².